The second kappa shape index (κ2) is 6.73. The highest BCUT2D eigenvalue weighted by molar-refractivity contribution is 9.11. The van der Waals surface area contributed by atoms with Gasteiger partial charge in [-0.25, -0.2) is 0 Å². The minimum absolute atomic E-state index is 0.502. The molecule has 2 rings (SSSR count). The topological polar surface area (TPSA) is 12.0 Å². The molecule has 19 heavy (non-hydrogen) atoms. The summed E-state index contributed by atoms with van der Waals surface area (Å²) in [4.78, 5) is 1.43. The van der Waals surface area contributed by atoms with Crippen LogP contribution in [0.5, 0.6) is 0 Å². The van der Waals surface area contributed by atoms with Gasteiger partial charge in [-0.05, 0) is 77.5 Å². The first kappa shape index (κ1) is 15.5. The Morgan fingerprint density at radius 2 is 1.89 bits per heavy atom. The van der Waals surface area contributed by atoms with Crippen LogP contribution in [0.1, 0.15) is 51.3 Å². The third kappa shape index (κ3) is 4.87. The van der Waals surface area contributed by atoms with Crippen molar-refractivity contribution in [3.63, 3.8) is 0 Å². The molecule has 1 aliphatic carbocycles. The average molecular weight is 344 g/mol. The summed E-state index contributed by atoms with van der Waals surface area (Å²) in [7, 11) is 0. The van der Waals surface area contributed by atoms with Gasteiger partial charge in [-0.3, -0.25) is 0 Å². The molecule has 0 saturated heterocycles. The molecule has 1 heterocycles. The third-order valence-corrected chi connectivity index (χ3v) is 6.06. The summed E-state index contributed by atoms with van der Waals surface area (Å²) in [6, 6.07) is 4.34. The molecule has 1 N–H and O–H groups in total. The van der Waals surface area contributed by atoms with Crippen LogP contribution in [-0.4, -0.2) is 6.54 Å². The standard InChI is InChI=1S/C16H26BrNS/c1-16(2,3)13-6-4-12(5-7-13)10-18-11-14-8-9-15(17)19-14/h8-9,12-13,18H,4-7,10-11H2,1-3H3. The molecule has 1 aliphatic rings. The Bertz CT molecular complexity index is 386. The second-order valence-electron chi connectivity index (χ2n) is 6.92. The zero-order valence-corrected chi connectivity index (χ0v) is 14.7. The lowest BCUT2D eigenvalue weighted by Crippen LogP contribution is -2.30. The summed E-state index contributed by atoms with van der Waals surface area (Å²) in [5, 5.41) is 3.63. The van der Waals surface area contributed by atoms with E-state index in [4.69, 9.17) is 0 Å². The number of halogens is 1. The highest BCUT2D eigenvalue weighted by Crippen LogP contribution is 2.39. The van der Waals surface area contributed by atoms with Crippen molar-refractivity contribution < 1.29 is 0 Å². The van der Waals surface area contributed by atoms with E-state index in [9.17, 15) is 0 Å². The zero-order valence-electron chi connectivity index (χ0n) is 12.3. The summed E-state index contributed by atoms with van der Waals surface area (Å²) in [5.74, 6) is 1.82. The number of thiophene rings is 1. The molecule has 0 aliphatic heterocycles. The zero-order chi connectivity index (χ0) is 13.9. The fourth-order valence-electron chi connectivity index (χ4n) is 3.08. The smallest absolute Gasteiger partial charge is 0.0701 e. The van der Waals surface area contributed by atoms with Gasteiger partial charge in [0, 0.05) is 11.4 Å². The summed E-state index contributed by atoms with van der Waals surface area (Å²) >= 11 is 5.35. The van der Waals surface area contributed by atoms with Crippen molar-refractivity contribution in [2.24, 2.45) is 17.3 Å². The van der Waals surface area contributed by atoms with Crippen LogP contribution >= 0.6 is 27.3 Å². The Hall–Kier alpha value is 0.140. The summed E-state index contributed by atoms with van der Waals surface area (Å²) < 4.78 is 1.23. The average Bonchev–Trinajstić information content (AvgIpc) is 2.75. The van der Waals surface area contributed by atoms with Crippen molar-refractivity contribution in [1.29, 1.82) is 0 Å². The predicted octanol–water partition coefficient (Wildman–Crippen LogP) is 5.45. The molecule has 0 bridgehead atoms. The summed E-state index contributed by atoms with van der Waals surface area (Å²) in [5.41, 5.74) is 0.502. The molecule has 0 unspecified atom stereocenters. The first-order valence-electron chi connectivity index (χ1n) is 7.40. The molecule has 1 aromatic heterocycles. The van der Waals surface area contributed by atoms with Crippen LogP contribution in [0.3, 0.4) is 0 Å². The number of hydrogen-bond acceptors (Lipinski definition) is 2. The van der Waals surface area contributed by atoms with Crippen molar-refractivity contribution >= 4 is 27.3 Å². The van der Waals surface area contributed by atoms with E-state index in [0.717, 1.165) is 18.4 Å². The maximum atomic E-state index is 3.63. The van der Waals surface area contributed by atoms with Crippen LogP contribution in [-0.2, 0) is 6.54 Å². The lowest BCUT2D eigenvalue weighted by atomic mass is 9.70. The quantitative estimate of drug-likeness (QED) is 0.765. The molecule has 1 saturated carbocycles. The monoisotopic (exact) mass is 343 g/mol. The molecule has 0 spiro atoms. The normalized spacial score (nSPS) is 24.6. The van der Waals surface area contributed by atoms with E-state index in [0.29, 0.717) is 5.41 Å². The number of rotatable bonds is 4. The fourth-order valence-corrected chi connectivity index (χ4v) is 4.53. The maximum absolute atomic E-state index is 3.63. The van der Waals surface area contributed by atoms with Crippen LogP contribution in [0.4, 0.5) is 0 Å². The van der Waals surface area contributed by atoms with Crippen molar-refractivity contribution in [3.8, 4) is 0 Å². The third-order valence-electron chi connectivity index (χ3n) is 4.43. The van der Waals surface area contributed by atoms with Crippen LogP contribution in [0, 0.1) is 17.3 Å². The van der Waals surface area contributed by atoms with Gasteiger partial charge >= 0.3 is 0 Å². The summed E-state index contributed by atoms with van der Waals surface area (Å²) in [6.07, 6.45) is 5.65. The Morgan fingerprint density at radius 1 is 1.21 bits per heavy atom. The van der Waals surface area contributed by atoms with Gasteiger partial charge in [0.15, 0.2) is 0 Å². The van der Waals surface area contributed by atoms with E-state index in [1.54, 1.807) is 0 Å². The predicted molar refractivity (Wildman–Crippen MR) is 88.6 cm³/mol. The van der Waals surface area contributed by atoms with Crippen molar-refractivity contribution in [2.75, 3.05) is 6.54 Å². The fraction of sp³-hybridized carbons (Fsp3) is 0.750. The molecule has 3 heteroatoms. The van der Waals surface area contributed by atoms with Crippen molar-refractivity contribution in [3.05, 3.63) is 20.8 Å². The van der Waals surface area contributed by atoms with E-state index >= 15 is 0 Å². The van der Waals surface area contributed by atoms with E-state index in [1.165, 1.54) is 40.9 Å². The Balaban J connectivity index is 1.66. The maximum Gasteiger partial charge on any atom is 0.0701 e. The van der Waals surface area contributed by atoms with Crippen LogP contribution in [0.25, 0.3) is 0 Å². The molecule has 1 aromatic rings. The Morgan fingerprint density at radius 3 is 2.42 bits per heavy atom. The molecule has 1 fully saturated rings. The molecule has 108 valence electrons. The molecular formula is C16H26BrNS. The number of hydrogen-bond donors (Lipinski definition) is 1. The minimum atomic E-state index is 0.502. The molecule has 1 nitrogen and oxygen atoms in total. The SMILES string of the molecule is CC(C)(C)C1CCC(CNCc2ccc(Br)s2)CC1. The van der Waals surface area contributed by atoms with Crippen LogP contribution < -0.4 is 5.32 Å². The lowest BCUT2D eigenvalue weighted by molar-refractivity contribution is 0.149. The summed E-state index contributed by atoms with van der Waals surface area (Å²) in [6.45, 7) is 9.39. The first-order chi connectivity index (χ1) is 8.95. The van der Waals surface area contributed by atoms with Crippen LogP contribution in [0.15, 0.2) is 15.9 Å². The Kier molecular flexibility index (Phi) is 5.50. The Labute approximate surface area is 130 Å². The minimum Gasteiger partial charge on any atom is -0.312 e. The van der Waals surface area contributed by atoms with Gasteiger partial charge in [0.05, 0.1) is 3.79 Å². The van der Waals surface area contributed by atoms with Gasteiger partial charge in [-0.1, -0.05) is 20.8 Å². The van der Waals surface area contributed by atoms with Gasteiger partial charge in [0.1, 0.15) is 0 Å². The van der Waals surface area contributed by atoms with Gasteiger partial charge in [0.25, 0.3) is 0 Å². The van der Waals surface area contributed by atoms with E-state index < -0.39 is 0 Å². The second-order valence-corrected chi connectivity index (χ2v) is 9.47. The first-order valence-corrected chi connectivity index (χ1v) is 9.01. The van der Waals surface area contributed by atoms with Gasteiger partial charge in [-0.15, -0.1) is 11.3 Å². The van der Waals surface area contributed by atoms with E-state index in [-0.39, 0.29) is 0 Å². The number of nitrogens with one attached hydrogen (secondary N) is 1. The molecular weight excluding hydrogens is 318 g/mol. The largest absolute Gasteiger partial charge is 0.312 e. The lowest BCUT2D eigenvalue weighted by Gasteiger charge is -2.37. The van der Waals surface area contributed by atoms with Crippen molar-refractivity contribution in [2.45, 2.75) is 53.0 Å². The molecule has 0 atom stereocenters. The highest BCUT2D eigenvalue weighted by Gasteiger charge is 2.29. The van der Waals surface area contributed by atoms with E-state index in [1.807, 2.05) is 11.3 Å². The molecule has 0 aromatic carbocycles. The van der Waals surface area contributed by atoms with Gasteiger partial charge < -0.3 is 5.32 Å². The van der Waals surface area contributed by atoms with Crippen LogP contribution in [0.2, 0.25) is 0 Å². The van der Waals surface area contributed by atoms with E-state index in [2.05, 4.69) is 54.2 Å². The van der Waals surface area contributed by atoms with Crippen molar-refractivity contribution in [1.82, 2.24) is 5.32 Å². The molecule has 0 amide bonds. The van der Waals surface area contributed by atoms with Gasteiger partial charge in [-0.2, -0.15) is 0 Å². The highest BCUT2D eigenvalue weighted by atomic mass is 79.9. The molecule has 0 radical (unpaired) electrons. The van der Waals surface area contributed by atoms with Gasteiger partial charge in [0.2, 0.25) is 0 Å².